The summed E-state index contributed by atoms with van der Waals surface area (Å²) in [5.41, 5.74) is -1.83. The molecule has 0 atom stereocenters. The summed E-state index contributed by atoms with van der Waals surface area (Å²) < 4.78 is 9.22. The first-order chi connectivity index (χ1) is 10.1. The number of carboxylic acid groups (broad SMARTS) is 1. The molecule has 0 bridgehead atoms. The van der Waals surface area contributed by atoms with E-state index in [0.717, 1.165) is 5.56 Å². The standard InChI is InChI=1S/C15H22N2O4S/c1-13(2)14(3,4)15(13,12(19)20)11(18)17(5)7-9-8-22-16-10(9)21-6/h8H,7H2,1-6H3,(H,19,20). The Morgan fingerprint density at radius 2 is 1.86 bits per heavy atom. The first-order valence-corrected chi connectivity index (χ1v) is 7.85. The van der Waals surface area contributed by atoms with Crippen molar-refractivity contribution in [2.75, 3.05) is 14.2 Å². The molecule has 1 N–H and O–H groups in total. The minimum absolute atomic E-state index is 0.277. The fourth-order valence-electron chi connectivity index (χ4n) is 3.61. The van der Waals surface area contributed by atoms with Crippen molar-refractivity contribution in [1.29, 1.82) is 0 Å². The zero-order valence-electron chi connectivity index (χ0n) is 13.8. The largest absolute Gasteiger partial charge is 0.480 e. The number of aromatic nitrogens is 1. The van der Waals surface area contributed by atoms with Gasteiger partial charge in [0.25, 0.3) is 0 Å². The van der Waals surface area contributed by atoms with Crippen LogP contribution < -0.4 is 4.74 Å². The molecule has 1 aromatic heterocycles. The van der Waals surface area contributed by atoms with Gasteiger partial charge < -0.3 is 14.7 Å². The van der Waals surface area contributed by atoms with Crippen molar-refractivity contribution in [3.63, 3.8) is 0 Å². The van der Waals surface area contributed by atoms with Gasteiger partial charge in [-0.3, -0.25) is 9.59 Å². The molecule has 0 spiro atoms. The summed E-state index contributed by atoms with van der Waals surface area (Å²) in [5.74, 6) is -0.957. The van der Waals surface area contributed by atoms with E-state index in [4.69, 9.17) is 4.74 Å². The molecule has 1 saturated carbocycles. The Kier molecular flexibility index (Phi) is 3.76. The summed E-state index contributed by atoms with van der Waals surface area (Å²) in [4.78, 5) is 26.3. The molecule has 1 aliphatic carbocycles. The van der Waals surface area contributed by atoms with E-state index in [1.54, 1.807) is 12.4 Å². The average molecular weight is 326 g/mol. The number of ether oxygens (including phenoxy) is 1. The molecule has 7 heteroatoms. The zero-order valence-corrected chi connectivity index (χ0v) is 14.6. The van der Waals surface area contributed by atoms with Crippen molar-refractivity contribution in [2.24, 2.45) is 16.2 Å². The third-order valence-corrected chi connectivity index (χ3v) is 6.23. The number of carbonyl (C=O) groups is 2. The number of carbonyl (C=O) groups excluding carboxylic acids is 1. The van der Waals surface area contributed by atoms with Gasteiger partial charge in [-0.2, -0.15) is 4.37 Å². The molecule has 6 nitrogen and oxygen atoms in total. The Bertz CT molecular complexity index is 607. The molecule has 0 radical (unpaired) electrons. The van der Waals surface area contributed by atoms with Gasteiger partial charge in [0.1, 0.15) is 0 Å². The van der Waals surface area contributed by atoms with Crippen LogP contribution in [0.5, 0.6) is 5.88 Å². The van der Waals surface area contributed by atoms with Crippen LogP contribution >= 0.6 is 11.5 Å². The molecule has 22 heavy (non-hydrogen) atoms. The molecule has 1 heterocycles. The average Bonchev–Trinajstić information content (AvgIpc) is 2.72. The molecule has 0 aliphatic heterocycles. The van der Waals surface area contributed by atoms with Crippen molar-refractivity contribution in [3.8, 4) is 5.88 Å². The van der Waals surface area contributed by atoms with Gasteiger partial charge in [0, 0.05) is 18.0 Å². The lowest BCUT2D eigenvalue weighted by atomic mass is 9.93. The number of methoxy groups -OCH3 is 1. The molecule has 1 aromatic rings. The molecule has 1 amide bonds. The molecule has 122 valence electrons. The number of carboxylic acids is 1. The summed E-state index contributed by atoms with van der Waals surface area (Å²) in [7, 11) is 3.14. The summed E-state index contributed by atoms with van der Waals surface area (Å²) in [6.07, 6.45) is 0. The van der Waals surface area contributed by atoms with Gasteiger partial charge in [0.05, 0.1) is 13.7 Å². The summed E-state index contributed by atoms with van der Waals surface area (Å²) >= 11 is 1.24. The van der Waals surface area contributed by atoms with Crippen LogP contribution in [-0.2, 0) is 16.1 Å². The van der Waals surface area contributed by atoms with Crippen molar-refractivity contribution in [3.05, 3.63) is 10.9 Å². The van der Waals surface area contributed by atoms with Crippen molar-refractivity contribution in [2.45, 2.75) is 34.2 Å². The smallest absolute Gasteiger partial charge is 0.320 e. The fourth-order valence-corrected chi connectivity index (χ4v) is 4.25. The Hall–Kier alpha value is -1.63. The number of nitrogens with zero attached hydrogens (tertiary/aromatic N) is 2. The Morgan fingerprint density at radius 1 is 1.32 bits per heavy atom. The predicted molar refractivity (Wildman–Crippen MR) is 82.8 cm³/mol. The van der Waals surface area contributed by atoms with E-state index in [1.165, 1.54) is 23.5 Å². The third-order valence-electron chi connectivity index (χ3n) is 5.57. The normalized spacial score (nSPS) is 20.3. The van der Waals surface area contributed by atoms with Crippen LogP contribution in [0.3, 0.4) is 0 Å². The second-order valence-corrected chi connectivity index (χ2v) is 7.44. The zero-order chi connectivity index (χ0) is 16.9. The molecule has 0 saturated heterocycles. The first-order valence-electron chi connectivity index (χ1n) is 7.02. The predicted octanol–water partition coefficient (Wildman–Crippen LogP) is 2.25. The number of rotatable bonds is 5. The van der Waals surface area contributed by atoms with Crippen molar-refractivity contribution in [1.82, 2.24) is 9.27 Å². The van der Waals surface area contributed by atoms with Crippen LogP contribution in [-0.4, -0.2) is 40.4 Å². The van der Waals surface area contributed by atoms with E-state index in [9.17, 15) is 14.7 Å². The van der Waals surface area contributed by atoms with E-state index in [2.05, 4.69) is 4.37 Å². The highest BCUT2D eigenvalue weighted by Crippen LogP contribution is 2.78. The maximum absolute atomic E-state index is 12.9. The summed E-state index contributed by atoms with van der Waals surface area (Å²) in [6.45, 7) is 7.61. The lowest BCUT2D eigenvalue weighted by molar-refractivity contribution is -0.156. The third kappa shape index (κ3) is 1.81. The molecule has 0 aromatic carbocycles. The second kappa shape index (κ2) is 4.94. The second-order valence-electron chi connectivity index (χ2n) is 6.82. The lowest BCUT2D eigenvalue weighted by Crippen LogP contribution is -2.42. The maximum Gasteiger partial charge on any atom is 0.320 e. The van der Waals surface area contributed by atoms with E-state index in [1.807, 2.05) is 27.7 Å². The Labute approximate surface area is 134 Å². The van der Waals surface area contributed by atoms with Gasteiger partial charge in [-0.05, 0) is 22.4 Å². The quantitative estimate of drug-likeness (QED) is 0.840. The van der Waals surface area contributed by atoms with Crippen molar-refractivity contribution < 1.29 is 19.4 Å². The highest BCUT2D eigenvalue weighted by molar-refractivity contribution is 7.03. The highest BCUT2D eigenvalue weighted by atomic mass is 32.1. The lowest BCUT2D eigenvalue weighted by Gasteiger charge is -2.24. The van der Waals surface area contributed by atoms with Gasteiger partial charge in [0.2, 0.25) is 11.8 Å². The SMILES string of the molecule is COc1nscc1CN(C)C(=O)C1(C(=O)O)C(C)(C)C1(C)C. The number of aliphatic carboxylic acids is 1. The molecular weight excluding hydrogens is 304 g/mol. The summed E-state index contributed by atoms with van der Waals surface area (Å²) in [6, 6.07) is 0. The van der Waals surface area contributed by atoms with E-state index >= 15 is 0 Å². The minimum Gasteiger partial charge on any atom is -0.480 e. The number of amides is 1. The molecule has 0 unspecified atom stereocenters. The van der Waals surface area contributed by atoms with Crippen molar-refractivity contribution >= 4 is 23.4 Å². The maximum atomic E-state index is 12.9. The van der Waals surface area contributed by atoms with Crippen LogP contribution in [0.4, 0.5) is 0 Å². The van der Waals surface area contributed by atoms with Crippen LogP contribution in [0.25, 0.3) is 0 Å². The number of hydrogen-bond acceptors (Lipinski definition) is 5. The fraction of sp³-hybridized carbons (Fsp3) is 0.667. The minimum atomic E-state index is -1.40. The topological polar surface area (TPSA) is 79.7 Å². The Morgan fingerprint density at radius 3 is 2.27 bits per heavy atom. The van der Waals surface area contributed by atoms with E-state index in [-0.39, 0.29) is 12.5 Å². The van der Waals surface area contributed by atoms with Crippen LogP contribution in [0, 0.1) is 16.2 Å². The van der Waals surface area contributed by atoms with Gasteiger partial charge in [-0.15, -0.1) is 0 Å². The Balaban J connectivity index is 2.29. The van der Waals surface area contributed by atoms with Gasteiger partial charge in [-0.25, -0.2) is 0 Å². The molecular formula is C15H22N2O4S. The first kappa shape index (κ1) is 16.7. The van der Waals surface area contributed by atoms with Crippen LogP contribution in [0.1, 0.15) is 33.3 Å². The molecule has 1 aliphatic rings. The van der Waals surface area contributed by atoms with Crippen LogP contribution in [0.15, 0.2) is 5.38 Å². The van der Waals surface area contributed by atoms with Gasteiger partial charge in [-0.1, -0.05) is 27.7 Å². The number of hydrogen-bond donors (Lipinski definition) is 1. The molecule has 1 fully saturated rings. The van der Waals surface area contributed by atoms with Gasteiger partial charge in [0.15, 0.2) is 5.41 Å². The van der Waals surface area contributed by atoms with Gasteiger partial charge >= 0.3 is 5.97 Å². The van der Waals surface area contributed by atoms with E-state index in [0.29, 0.717) is 5.88 Å². The monoisotopic (exact) mass is 326 g/mol. The summed E-state index contributed by atoms with van der Waals surface area (Å²) in [5, 5.41) is 11.5. The molecule has 2 rings (SSSR count). The highest BCUT2D eigenvalue weighted by Gasteiger charge is 2.86. The van der Waals surface area contributed by atoms with E-state index < -0.39 is 22.2 Å². The van der Waals surface area contributed by atoms with Crippen LogP contribution in [0.2, 0.25) is 0 Å².